The molecule has 0 saturated carbocycles. The molecule has 1 N–H and O–H groups in total. The van der Waals surface area contributed by atoms with Crippen molar-refractivity contribution in [1.82, 2.24) is 5.06 Å². The lowest BCUT2D eigenvalue weighted by Crippen LogP contribution is -2.42. The van der Waals surface area contributed by atoms with Crippen LogP contribution in [0.3, 0.4) is 0 Å². The summed E-state index contributed by atoms with van der Waals surface area (Å²) in [5.41, 5.74) is 1.87. The summed E-state index contributed by atoms with van der Waals surface area (Å²) in [6.45, 7) is 6.39. The van der Waals surface area contributed by atoms with E-state index in [9.17, 15) is 5.21 Å². The largest absolute Gasteiger partial charge is 0.468 e. The Hall–Kier alpha value is -1.84. The van der Waals surface area contributed by atoms with Crippen molar-refractivity contribution in [2.75, 3.05) is 0 Å². The zero-order valence-electron chi connectivity index (χ0n) is 12.7. The van der Waals surface area contributed by atoms with Crippen molar-refractivity contribution in [3.63, 3.8) is 0 Å². The summed E-state index contributed by atoms with van der Waals surface area (Å²) in [5.74, 6) is 0.844. The topological polar surface area (TPSA) is 32.7 Å². The number of hydrogen-bond donors (Lipinski definition) is 1. The average Bonchev–Trinajstić information content (AvgIpc) is 2.46. The molecule has 3 heteroatoms. The smallest absolute Gasteiger partial charge is 0.200 e. The average molecular weight is 283 g/mol. The molecule has 2 atom stereocenters. The van der Waals surface area contributed by atoms with Gasteiger partial charge in [0.2, 0.25) is 6.23 Å². The van der Waals surface area contributed by atoms with Gasteiger partial charge in [-0.05, 0) is 11.5 Å². The van der Waals surface area contributed by atoms with E-state index in [4.69, 9.17) is 4.74 Å². The van der Waals surface area contributed by atoms with Gasteiger partial charge in [0, 0.05) is 11.1 Å². The van der Waals surface area contributed by atoms with Gasteiger partial charge >= 0.3 is 0 Å². The third kappa shape index (κ3) is 2.55. The van der Waals surface area contributed by atoms with Crippen LogP contribution in [0.4, 0.5) is 0 Å². The van der Waals surface area contributed by atoms with Crippen LogP contribution >= 0.6 is 0 Å². The van der Waals surface area contributed by atoms with Crippen LogP contribution in [0.1, 0.15) is 44.2 Å². The quantitative estimate of drug-likeness (QED) is 0.833. The first-order valence-electron chi connectivity index (χ1n) is 7.26. The molecule has 2 unspecified atom stereocenters. The van der Waals surface area contributed by atoms with Gasteiger partial charge in [0.25, 0.3) is 0 Å². The molecule has 0 bridgehead atoms. The molecule has 0 spiro atoms. The molecule has 0 radical (unpaired) electrons. The van der Waals surface area contributed by atoms with E-state index in [-0.39, 0.29) is 11.5 Å². The van der Waals surface area contributed by atoms with Crippen LogP contribution in [0.15, 0.2) is 54.6 Å². The molecule has 0 aliphatic carbocycles. The maximum atomic E-state index is 10.8. The fraction of sp³-hybridized carbons (Fsp3) is 0.333. The van der Waals surface area contributed by atoms with Crippen LogP contribution in [0.25, 0.3) is 0 Å². The lowest BCUT2D eigenvalue weighted by molar-refractivity contribution is -0.248. The molecule has 0 saturated heterocycles. The number of hydroxylamine groups is 2. The van der Waals surface area contributed by atoms with Crippen LogP contribution in [0.5, 0.6) is 5.75 Å². The minimum atomic E-state index is -0.481. The highest BCUT2D eigenvalue weighted by atomic mass is 16.6. The van der Waals surface area contributed by atoms with Gasteiger partial charge in [0.05, 0.1) is 6.04 Å². The number of nitrogens with zero attached hydrogens (tertiary/aromatic N) is 1. The first-order valence-corrected chi connectivity index (χ1v) is 7.26. The molecule has 2 aromatic rings. The Labute approximate surface area is 125 Å². The number of fused-ring (bicyclic) bond motifs is 1. The van der Waals surface area contributed by atoms with E-state index in [0.717, 1.165) is 16.9 Å². The molecule has 1 heterocycles. The van der Waals surface area contributed by atoms with Gasteiger partial charge in [0.1, 0.15) is 5.75 Å². The second kappa shape index (κ2) is 5.17. The summed E-state index contributed by atoms with van der Waals surface area (Å²) in [5, 5.41) is 12.1. The van der Waals surface area contributed by atoms with Crippen molar-refractivity contribution in [3.05, 3.63) is 65.7 Å². The Morgan fingerprint density at radius 2 is 1.57 bits per heavy atom. The Bertz CT molecular complexity index is 619. The van der Waals surface area contributed by atoms with E-state index in [1.54, 1.807) is 0 Å². The van der Waals surface area contributed by atoms with Crippen molar-refractivity contribution in [3.8, 4) is 5.75 Å². The molecule has 1 aliphatic heterocycles. The molecule has 1 aliphatic rings. The van der Waals surface area contributed by atoms with E-state index in [2.05, 4.69) is 20.8 Å². The molecule has 21 heavy (non-hydrogen) atoms. The maximum Gasteiger partial charge on any atom is 0.200 e. The summed E-state index contributed by atoms with van der Waals surface area (Å²) >= 11 is 0. The predicted octanol–water partition coefficient (Wildman–Crippen LogP) is 4.56. The predicted molar refractivity (Wildman–Crippen MR) is 82.1 cm³/mol. The van der Waals surface area contributed by atoms with Gasteiger partial charge in [-0.15, -0.1) is 5.06 Å². The van der Waals surface area contributed by atoms with Gasteiger partial charge in [-0.2, -0.15) is 0 Å². The molecule has 2 aromatic carbocycles. The number of para-hydroxylation sites is 1. The Morgan fingerprint density at radius 1 is 0.952 bits per heavy atom. The highest BCUT2D eigenvalue weighted by Gasteiger charge is 2.42. The number of benzene rings is 2. The van der Waals surface area contributed by atoms with Crippen molar-refractivity contribution in [2.24, 2.45) is 5.41 Å². The summed E-state index contributed by atoms with van der Waals surface area (Å²) < 4.78 is 6.03. The van der Waals surface area contributed by atoms with Gasteiger partial charge in [0.15, 0.2) is 0 Å². The van der Waals surface area contributed by atoms with E-state index in [1.165, 1.54) is 5.06 Å². The summed E-state index contributed by atoms with van der Waals surface area (Å²) in [6.07, 6.45) is -0.481. The number of hydrogen-bond acceptors (Lipinski definition) is 3. The van der Waals surface area contributed by atoms with E-state index in [1.807, 2.05) is 54.6 Å². The van der Waals surface area contributed by atoms with Crippen LogP contribution in [0.2, 0.25) is 0 Å². The minimum Gasteiger partial charge on any atom is -0.468 e. The van der Waals surface area contributed by atoms with Crippen molar-refractivity contribution < 1.29 is 9.94 Å². The Balaban J connectivity index is 2.09. The fourth-order valence-electron chi connectivity index (χ4n) is 2.97. The molecule has 0 fully saturated rings. The summed E-state index contributed by atoms with van der Waals surface area (Å²) in [6, 6.07) is 17.6. The monoisotopic (exact) mass is 283 g/mol. The van der Waals surface area contributed by atoms with E-state index < -0.39 is 6.23 Å². The number of rotatable bonds is 1. The second-order valence-electron chi connectivity index (χ2n) is 6.57. The molecule has 110 valence electrons. The van der Waals surface area contributed by atoms with Gasteiger partial charge < -0.3 is 9.94 Å². The molecule has 0 aromatic heterocycles. The van der Waals surface area contributed by atoms with E-state index >= 15 is 0 Å². The lowest BCUT2D eigenvalue weighted by atomic mass is 9.80. The van der Waals surface area contributed by atoms with Crippen LogP contribution in [-0.2, 0) is 0 Å². The Kier molecular flexibility index (Phi) is 3.47. The van der Waals surface area contributed by atoms with Crippen molar-refractivity contribution >= 4 is 0 Å². The van der Waals surface area contributed by atoms with Gasteiger partial charge in [-0.1, -0.05) is 69.3 Å². The maximum absolute atomic E-state index is 10.8. The van der Waals surface area contributed by atoms with Crippen molar-refractivity contribution in [1.29, 1.82) is 0 Å². The standard InChI is InChI=1S/C18H21NO2/c1-18(2,3)16-14-11-7-8-12-15(14)21-17(19(16)20)13-9-5-4-6-10-13/h4-12,16-17,20H,1-3H3. The Morgan fingerprint density at radius 3 is 2.24 bits per heavy atom. The third-order valence-electron chi connectivity index (χ3n) is 3.86. The molecule has 3 nitrogen and oxygen atoms in total. The summed E-state index contributed by atoms with van der Waals surface area (Å²) in [7, 11) is 0. The van der Waals surface area contributed by atoms with E-state index in [0.29, 0.717) is 0 Å². The van der Waals surface area contributed by atoms with Crippen LogP contribution in [0, 0.1) is 5.41 Å². The molecular formula is C18H21NO2. The lowest BCUT2D eigenvalue weighted by Gasteiger charge is -2.44. The normalized spacial score (nSPS) is 22.5. The first kappa shape index (κ1) is 14.1. The molecule has 0 amide bonds. The van der Waals surface area contributed by atoms with Crippen molar-refractivity contribution in [2.45, 2.75) is 33.0 Å². The highest BCUT2D eigenvalue weighted by molar-refractivity contribution is 5.39. The zero-order chi connectivity index (χ0) is 15.0. The van der Waals surface area contributed by atoms with Gasteiger partial charge in [-0.3, -0.25) is 0 Å². The second-order valence-corrected chi connectivity index (χ2v) is 6.57. The zero-order valence-corrected chi connectivity index (χ0v) is 12.7. The summed E-state index contributed by atoms with van der Waals surface area (Å²) in [4.78, 5) is 0. The highest BCUT2D eigenvalue weighted by Crippen LogP contribution is 2.48. The van der Waals surface area contributed by atoms with Crippen LogP contribution in [-0.4, -0.2) is 10.3 Å². The third-order valence-corrected chi connectivity index (χ3v) is 3.86. The number of ether oxygens (including phenoxy) is 1. The fourth-order valence-corrected chi connectivity index (χ4v) is 2.97. The minimum absolute atomic E-state index is 0.109. The SMILES string of the molecule is CC(C)(C)C1c2ccccc2OC(c2ccccc2)N1O. The van der Waals surface area contributed by atoms with Crippen LogP contribution < -0.4 is 4.74 Å². The molecular weight excluding hydrogens is 262 g/mol. The molecule has 3 rings (SSSR count). The first-order chi connectivity index (χ1) is 9.98. The van der Waals surface area contributed by atoms with Gasteiger partial charge in [-0.25, -0.2) is 0 Å².